The summed E-state index contributed by atoms with van der Waals surface area (Å²) in [6, 6.07) is 3.85. The van der Waals surface area contributed by atoms with Crippen LogP contribution in [0.2, 0.25) is 0 Å². The van der Waals surface area contributed by atoms with Gasteiger partial charge in [0.05, 0.1) is 6.04 Å². The highest BCUT2D eigenvalue weighted by molar-refractivity contribution is 9.10. The van der Waals surface area contributed by atoms with Crippen LogP contribution in [0.25, 0.3) is 0 Å². The number of likely N-dealkylation sites (tertiary alicyclic amines) is 1. The van der Waals surface area contributed by atoms with Crippen LogP contribution in [0.15, 0.2) is 58.1 Å². The van der Waals surface area contributed by atoms with Gasteiger partial charge in [-0.3, -0.25) is 19.2 Å². The molecule has 1 N–H and O–H groups in total. The minimum absolute atomic E-state index is 0.164. The van der Waals surface area contributed by atoms with Gasteiger partial charge >= 0.3 is 11.9 Å². The minimum Gasteiger partial charge on any atom is -0.448 e. The van der Waals surface area contributed by atoms with Crippen molar-refractivity contribution in [2.45, 2.75) is 78.7 Å². The van der Waals surface area contributed by atoms with Crippen LogP contribution in [0.1, 0.15) is 59.4 Å². The standard InChI is InChI=1S/C27H31BrClFN2O6.C2H6/c1-5-8-19(13-16(2)29)23-9-6-7-12-32(23)27(36)25(38-18(4)34)24(37-17(3)33)26(35)31-15-20-10-11-21(28)14-22(20)30;1-2/h5,8,10-11,13-14,23-25H,2,6-7,9,12,15H2,1,3-4H3,(H,31,35);1-2H3/b8-5-,19-13+;/t23?,24-,25-;/m1./s1. The maximum absolute atomic E-state index is 14.3. The van der Waals surface area contributed by atoms with Crippen LogP contribution in [0.5, 0.6) is 0 Å². The summed E-state index contributed by atoms with van der Waals surface area (Å²) in [5, 5.41) is 2.74. The summed E-state index contributed by atoms with van der Waals surface area (Å²) < 4.78 is 25.3. The minimum atomic E-state index is -1.80. The summed E-state index contributed by atoms with van der Waals surface area (Å²) in [5.41, 5.74) is 0.873. The Bertz CT molecular complexity index is 1140. The molecular formula is C29H37BrClFN2O6. The zero-order valence-corrected chi connectivity index (χ0v) is 25.8. The molecule has 0 saturated carbocycles. The van der Waals surface area contributed by atoms with Crippen molar-refractivity contribution in [3.8, 4) is 0 Å². The van der Waals surface area contributed by atoms with Gasteiger partial charge < -0.3 is 19.7 Å². The third-order valence-electron chi connectivity index (χ3n) is 5.68. The second kappa shape index (κ2) is 17.7. The van der Waals surface area contributed by atoms with Gasteiger partial charge in [-0.1, -0.05) is 66.2 Å². The van der Waals surface area contributed by atoms with Gasteiger partial charge in [0.2, 0.25) is 12.2 Å². The first-order valence-electron chi connectivity index (χ1n) is 13.0. The summed E-state index contributed by atoms with van der Waals surface area (Å²) in [7, 11) is 0. The smallest absolute Gasteiger partial charge is 0.303 e. The molecule has 1 saturated heterocycles. The fourth-order valence-electron chi connectivity index (χ4n) is 4.13. The lowest BCUT2D eigenvalue weighted by Crippen LogP contribution is -2.57. The number of allylic oxidation sites excluding steroid dienone is 3. The maximum atomic E-state index is 14.3. The van der Waals surface area contributed by atoms with Crippen molar-refractivity contribution in [1.29, 1.82) is 0 Å². The molecular weight excluding hydrogens is 607 g/mol. The molecule has 220 valence electrons. The monoisotopic (exact) mass is 642 g/mol. The van der Waals surface area contributed by atoms with Crippen LogP contribution >= 0.6 is 27.5 Å². The van der Waals surface area contributed by atoms with Crippen molar-refractivity contribution >= 4 is 51.3 Å². The van der Waals surface area contributed by atoms with Crippen molar-refractivity contribution in [1.82, 2.24) is 10.2 Å². The Morgan fingerprint density at radius 3 is 2.35 bits per heavy atom. The SMILES string of the molecule is C=C(Cl)/C=C(\C=C/C)C1CCCCN1C(=O)[C@H](OC(C)=O)[C@@H](OC(C)=O)C(=O)NCc1ccc(Br)cc1F.CC. The Hall–Kier alpha value is -2.98. The van der Waals surface area contributed by atoms with Crippen LogP contribution in [0.4, 0.5) is 4.39 Å². The number of amides is 2. The molecule has 0 spiro atoms. The van der Waals surface area contributed by atoms with Crippen LogP contribution in [-0.4, -0.2) is 53.4 Å². The van der Waals surface area contributed by atoms with Crippen LogP contribution in [-0.2, 0) is 35.2 Å². The fourth-order valence-corrected chi connectivity index (χ4v) is 4.59. The molecule has 1 aliphatic heterocycles. The van der Waals surface area contributed by atoms with E-state index < -0.39 is 47.8 Å². The van der Waals surface area contributed by atoms with E-state index in [4.69, 9.17) is 21.1 Å². The largest absolute Gasteiger partial charge is 0.448 e. The van der Waals surface area contributed by atoms with Gasteiger partial charge in [0, 0.05) is 42.0 Å². The number of carbonyl (C=O) groups is 4. The molecule has 3 atom stereocenters. The predicted molar refractivity (Wildman–Crippen MR) is 156 cm³/mol. The zero-order chi connectivity index (χ0) is 30.4. The van der Waals surface area contributed by atoms with Crippen molar-refractivity contribution in [3.63, 3.8) is 0 Å². The zero-order valence-electron chi connectivity index (χ0n) is 23.5. The van der Waals surface area contributed by atoms with Gasteiger partial charge in [0.1, 0.15) is 5.82 Å². The van der Waals surface area contributed by atoms with E-state index >= 15 is 0 Å². The van der Waals surface area contributed by atoms with Gasteiger partial charge in [-0.15, -0.1) is 0 Å². The molecule has 1 fully saturated rings. The van der Waals surface area contributed by atoms with E-state index in [9.17, 15) is 23.6 Å². The normalized spacial score (nSPS) is 16.8. The number of esters is 2. The van der Waals surface area contributed by atoms with Gasteiger partial charge in [-0.2, -0.15) is 0 Å². The van der Waals surface area contributed by atoms with E-state index in [-0.39, 0.29) is 17.1 Å². The Balaban J connectivity index is 0.00000391. The van der Waals surface area contributed by atoms with Crippen molar-refractivity contribution in [2.24, 2.45) is 0 Å². The van der Waals surface area contributed by atoms with E-state index in [0.717, 1.165) is 20.3 Å². The van der Waals surface area contributed by atoms with Gasteiger partial charge in [0.25, 0.3) is 11.8 Å². The molecule has 1 aromatic rings. The molecule has 0 aliphatic carbocycles. The van der Waals surface area contributed by atoms with Gasteiger partial charge in [-0.25, -0.2) is 4.39 Å². The number of hydrogen-bond donors (Lipinski definition) is 1. The summed E-state index contributed by atoms with van der Waals surface area (Å²) >= 11 is 9.19. The first kappa shape index (κ1) is 35.0. The number of nitrogens with one attached hydrogen (secondary N) is 1. The lowest BCUT2D eigenvalue weighted by atomic mass is 9.93. The second-order valence-electron chi connectivity index (χ2n) is 8.65. The number of rotatable bonds is 10. The fraction of sp³-hybridized carbons (Fsp3) is 0.448. The van der Waals surface area contributed by atoms with Gasteiger partial charge in [-0.05, 0) is 50.0 Å². The average molecular weight is 644 g/mol. The second-order valence-corrected chi connectivity index (χ2v) is 10.0. The summed E-state index contributed by atoms with van der Waals surface area (Å²) in [6.07, 6.45) is 3.75. The first-order valence-corrected chi connectivity index (χ1v) is 14.2. The van der Waals surface area contributed by atoms with Crippen molar-refractivity contribution < 1.29 is 33.0 Å². The number of piperidine rings is 1. The number of benzene rings is 1. The summed E-state index contributed by atoms with van der Waals surface area (Å²) in [4.78, 5) is 52.4. The Morgan fingerprint density at radius 1 is 1.18 bits per heavy atom. The van der Waals surface area contributed by atoms with E-state index in [2.05, 4.69) is 27.8 Å². The van der Waals surface area contributed by atoms with Crippen molar-refractivity contribution in [3.05, 3.63) is 69.5 Å². The average Bonchev–Trinajstić information content (AvgIpc) is 2.90. The number of hydrogen-bond acceptors (Lipinski definition) is 6. The molecule has 0 aromatic heterocycles. The number of carbonyl (C=O) groups excluding carboxylic acids is 4. The molecule has 1 unspecified atom stereocenters. The highest BCUT2D eigenvalue weighted by Crippen LogP contribution is 2.27. The molecule has 2 amide bonds. The molecule has 1 aromatic carbocycles. The van der Waals surface area contributed by atoms with E-state index in [1.165, 1.54) is 17.0 Å². The third-order valence-corrected chi connectivity index (χ3v) is 6.29. The van der Waals surface area contributed by atoms with Crippen LogP contribution in [0.3, 0.4) is 0 Å². The van der Waals surface area contributed by atoms with Crippen molar-refractivity contribution in [2.75, 3.05) is 6.54 Å². The first-order chi connectivity index (χ1) is 18.9. The Labute approximate surface area is 248 Å². The number of ether oxygens (including phenoxy) is 2. The molecule has 40 heavy (non-hydrogen) atoms. The van der Waals surface area contributed by atoms with Crippen LogP contribution < -0.4 is 5.32 Å². The number of nitrogens with zero attached hydrogens (tertiary/aromatic N) is 1. The van der Waals surface area contributed by atoms with Gasteiger partial charge in [0.15, 0.2) is 0 Å². The molecule has 0 radical (unpaired) electrons. The highest BCUT2D eigenvalue weighted by atomic mass is 79.9. The van der Waals surface area contributed by atoms with E-state index in [1.807, 2.05) is 20.8 Å². The Morgan fingerprint density at radius 2 is 1.80 bits per heavy atom. The van der Waals surface area contributed by atoms with Crippen LogP contribution in [0, 0.1) is 5.82 Å². The third kappa shape index (κ3) is 10.9. The summed E-state index contributed by atoms with van der Waals surface area (Å²) in [6.45, 7) is 11.7. The molecule has 11 heteroatoms. The topological polar surface area (TPSA) is 102 Å². The molecule has 0 bridgehead atoms. The lowest BCUT2D eigenvalue weighted by Gasteiger charge is -2.39. The molecule has 1 heterocycles. The lowest BCUT2D eigenvalue weighted by molar-refractivity contribution is -0.179. The molecule has 8 nitrogen and oxygen atoms in total. The predicted octanol–water partition coefficient (Wildman–Crippen LogP) is 5.73. The maximum Gasteiger partial charge on any atom is 0.303 e. The summed E-state index contributed by atoms with van der Waals surface area (Å²) in [5.74, 6) is -3.92. The van der Waals surface area contributed by atoms with E-state index in [1.54, 1.807) is 24.3 Å². The number of halogens is 3. The molecule has 2 rings (SSSR count). The Kier molecular flexibility index (Phi) is 15.5. The highest BCUT2D eigenvalue weighted by Gasteiger charge is 2.43. The molecule has 1 aliphatic rings. The van der Waals surface area contributed by atoms with E-state index in [0.29, 0.717) is 29.4 Å². The quantitative estimate of drug-likeness (QED) is 0.258.